The number of ether oxygens (including phenoxy) is 3. The van der Waals surface area contributed by atoms with Gasteiger partial charge in [-0.25, -0.2) is 0 Å². The third-order valence-corrected chi connectivity index (χ3v) is 2.76. The first-order valence-electron chi connectivity index (χ1n) is 7.23. The molecular formula is C15H25NO4. The summed E-state index contributed by atoms with van der Waals surface area (Å²) >= 11 is 0. The number of hydrogen-bond donors (Lipinski definition) is 0. The molecule has 0 spiro atoms. The Bertz CT molecular complexity index is 391. The summed E-state index contributed by atoms with van der Waals surface area (Å²) in [7, 11) is 0. The molecule has 1 rings (SSSR count). The van der Waals surface area contributed by atoms with Crippen LogP contribution in [0, 0.1) is 0 Å². The van der Waals surface area contributed by atoms with Crippen LogP contribution < -0.4 is 5.56 Å². The van der Waals surface area contributed by atoms with Crippen molar-refractivity contribution in [3.05, 3.63) is 34.7 Å². The zero-order valence-electron chi connectivity index (χ0n) is 12.3. The van der Waals surface area contributed by atoms with E-state index in [9.17, 15) is 4.79 Å². The maximum Gasteiger partial charge on any atom is 0.250 e. The molecule has 0 aliphatic carbocycles. The first kappa shape index (κ1) is 16.9. The van der Waals surface area contributed by atoms with E-state index in [0.717, 1.165) is 19.4 Å². The van der Waals surface area contributed by atoms with Crippen molar-refractivity contribution in [2.75, 3.05) is 39.6 Å². The lowest BCUT2D eigenvalue weighted by atomic mass is 10.4. The van der Waals surface area contributed by atoms with Gasteiger partial charge in [0.2, 0.25) is 0 Å². The molecule has 5 nitrogen and oxygen atoms in total. The molecule has 0 saturated carbocycles. The summed E-state index contributed by atoms with van der Waals surface area (Å²) in [6.45, 7) is 6.37. The van der Waals surface area contributed by atoms with Crippen molar-refractivity contribution in [1.29, 1.82) is 0 Å². The van der Waals surface area contributed by atoms with Crippen molar-refractivity contribution in [1.82, 2.24) is 4.57 Å². The minimum Gasteiger partial charge on any atom is -0.379 e. The Labute approximate surface area is 120 Å². The van der Waals surface area contributed by atoms with Gasteiger partial charge in [-0.1, -0.05) is 19.4 Å². The minimum absolute atomic E-state index is 0.00317. The minimum atomic E-state index is -0.00317. The first-order chi connectivity index (χ1) is 9.84. The van der Waals surface area contributed by atoms with Crippen LogP contribution in [0.15, 0.2) is 29.2 Å². The highest BCUT2D eigenvalue weighted by atomic mass is 16.5. The third-order valence-electron chi connectivity index (χ3n) is 2.76. The number of aromatic nitrogens is 1. The molecule has 0 amide bonds. The molecule has 5 heteroatoms. The first-order valence-corrected chi connectivity index (χ1v) is 7.23. The fourth-order valence-corrected chi connectivity index (χ4v) is 1.60. The van der Waals surface area contributed by atoms with E-state index < -0.39 is 0 Å². The molecule has 1 heterocycles. The molecular weight excluding hydrogens is 258 g/mol. The van der Waals surface area contributed by atoms with E-state index in [1.54, 1.807) is 22.9 Å². The molecule has 0 fully saturated rings. The molecule has 20 heavy (non-hydrogen) atoms. The molecule has 0 aliphatic rings. The van der Waals surface area contributed by atoms with E-state index in [0.29, 0.717) is 39.6 Å². The van der Waals surface area contributed by atoms with Crippen molar-refractivity contribution in [3.8, 4) is 0 Å². The van der Waals surface area contributed by atoms with Crippen molar-refractivity contribution < 1.29 is 14.2 Å². The van der Waals surface area contributed by atoms with Gasteiger partial charge in [0.05, 0.1) is 33.0 Å². The lowest BCUT2D eigenvalue weighted by Gasteiger charge is -2.07. The lowest BCUT2D eigenvalue weighted by molar-refractivity contribution is 0.0126. The van der Waals surface area contributed by atoms with Crippen LogP contribution in [0.5, 0.6) is 0 Å². The average molecular weight is 283 g/mol. The van der Waals surface area contributed by atoms with Gasteiger partial charge in [0.25, 0.3) is 5.56 Å². The second-order valence-corrected chi connectivity index (χ2v) is 4.42. The second kappa shape index (κ2) is 11.6. The van der Waals surface area contributed by atoms with E-state index in [-0.39, 0.29) is 5.56 Å². The van der Waals surface area contributed by atoms with Gasteiger partial charge < -0.3 is 18.8 Å². The van der Waals surface area contributed by atoms with E-state index in [2.05, 4.69) is 6.92 Å². The fraction of sp³-hybridized carbons (Fsp3) is 0.667. The van der Waals surface area contributed by atoms with E-state index in [1.807, 2.05) is 6.07 Å². The predicted octanol–water partition coefficient (Wildman–Crippen LogP) is 1.70. The van der Waals surface area contributed by atoms with Gasteiger partial charge in [0.1, 0.15) is 0 Å². The Balaban J connectivity index is 1.88. The largest absolute Gasteiger partial charge is 0.379 e. The number of pyridine rings is 1. The Morgan fingerprint density at radius 3 is 2.25 bits per heavy atom. The molecule has 0 aromatic carbocycles. The molecule has 114 valence electrons. The van der Waals surface area contributed by atoms with E-state index in [1.165, 1.54) is 0 Å². The normalized spacial score (nSPS) is 10.8. The third kappa shape index (κ3) is 8.09. The average Bonchev–Trinajstić information content (AvgIpc) is 2.46. The molecule has 1 aromatic heterocycles. The van der Waals surface area contributed by atoms with Gasteiger partial charge in [-0.2, -0.15) is 0 Å². The summed E-state index contributed by atoms with van der Waals surface area (Å²) in [4.78, 5) is 11.4. The number of unbranched alkanes of at least 4 members (excludes halogenated alkanes) is 1. The highest BCUT2D eigenvalue weighted by Crippen LogP contribution is 1.88. The SMILES string of the molecule is CCCCOCCOCCOCCn1ccccc1=O. The topological polar surface area (TPSA) is 49.7 Å². The lowest BCUT2D eigenvalue weighted by Crippen LogP contribution is -2.21. The van der Waals surface area contributed by atoms with Gasteiger partial charge in [-0.05, 0) is 12.5 Å². The van der Waals surface area contributed by atoms with Gasteiger partial charge in [0, 0.05) is 25.4 Å². The molecule has 0 saturated heterocycles. The van der Waals surface area contributed by atoms with Crippen LogP contribution in [0.3, 0.4) is 0 Å². The van der Waals surface area contributed by atoms with Gasteiger partial charge in [-0.3, -0.25) is 4.79 Å². The zero-order chi connectivity index (χ0) is 14.5. The van der Waals surface area contributed by atoms with E-state index in [4.69, 9.17) is 14.2 Å². The summed E-state index contributed by atoms with van der Waals surface area (Å²) in [5.74, 6) is 0. The van der Waals surface area contributed by atoms with Crippen LogP contribution in [-0.2, 0) is 20.8 Å². The van der Waals surface area contributed by atoms with Crippen LogP contribution >= 0.6 is 0 Å². The number of hydrogen-bond acceptors (Lipinski definition) is 4. The molecule has 0 N–H and O–H groups in total. The summed E-state index contributed by atoms with van der Waals surface area (Å²) in [5, 5.41) is 0. The quantitative estimate of drug-likeness (QED) is 0.548. The highest BCUT2D eigenvalue weighted by molar-refractivity contribution is 4.92. The van der Waals surface area contributed by atoms with E-state index >= 15 is 0 Å². The number of rotatable bonds is 12. The van der Waals surface area contributed by atoms with Crippen molar-refractivity contribution in [2.24, 2.45) is 0 Å². The maximum absolute atomic E-state index is 11.4. The van der Waals surface area contributed by atoms with Crippen LogP contribution in [0.2, 0.25) is 0 Å². The van der Waals surface area contributed by atoms with Gasteiger partial charge in [0.15, 0.2) is 0 Å². The molecule has 0 bridgehead atoms. The fourth-order valence-electron chi connectivity index (χ4n) is 1.60. The van der Waals surface area contributed by atoms with Crippen molar-refractivity contribution >= 4 is 0 Å². The Hall–Kier alpha value is -1.17. The predicted molar refractivity (Wildman–Crippen MR) is 78.1 cm³/mol. The van der Waals surface area contributed by atoms with Gasteiger partial charge in [-0.15, -0.1) is 0 Å². The van der Waals surface area contributed by atoms with Crippen molar-refractivity contribution in [3.63, 3.8) is 0 Å². The van der Waals surface area contributed by atoms with Gasteiger partial charge >= 0.3 is 0 Å². The van der Waals surface area contributed by atoms with Crippen LogP contribution in [0.1, 0.15) is 19.8 Å². The van der Waals surface area contributed by atoms with Crippen LogP contribution in [0.4, 0.5) is 0 Å². The molecule has 0 atom stereocenters. The molecule has 0 unspecified atom stereocenters. The Morgan fingerprint density at radius 1 is 0.950 bits per heavy atom. The van der Waals surface area contributed by atoms with Crippen LogP contribution in [-0.4, -0.2) is 44.2 Å². The second-order valence-electron chi connectivity index (χ2n) is 4.42. The highest BCUT2D eigenvalue weighted by Gasteiger charge is 1.94. The standard InChI is InChI=1S/C15H25NO4/c1-2-3-9-18-11-13-20-14-12-19-10-8-16-7-5-4-6-15(16)17/h4-7H,2-3,8-14H2,1H3. The monoisotopic (exact) mass is 283 g/mol. The summed E-state index contributed by atoms with van der Waals surface area (Å²) < 4.78 is 17.8. The summed E-state index contributed by atoms with van der Waals surface area (Å²) in [6, 6.07) is 5.11. The Morgan fingerprint density at radius 2 is 1.60 bits per heavy atom. The number of nitrogens with zero attached hydrogens (tertiary/aromatic N) is 1. The maximum atomic E-state index is 11.4. The summed E-state index contributed by atoms with van der Waals surface area (Å²) in [5.41, 5.74) is -0.00317. The Kier molecular flexibility index (Phi) is 9.83. The molecule has 0 aliphatic heterocycles. The molecule has 0 radical (unpaired) electrons. The van der Waals surface area contributed by atoms with Crippen molar-refractivity contribution in [2.45, 2.75) is 26.3 Å². The zero-order valence-corrected chi connectivity index (χ0v) is 12.3. The van der Waals surface area contributed by atoms with Crippen LogP contribution in [0.25, 0.3) is 0 Å². The molecule has 1 aromatic rings. The smallest absolute Gasteiger partial charge is 0.250 e. The summed E-state index contributed by atoms with van der Waals surface area (Å²) in [6.07, 6.45) is 4.01.